The number of aryl methyl sites for hydroxylation is 1. The van der Waals surface area contributed by atoms with Gasteiger partial charge in [0.2, 0.25) is 5.95 Å². The second-order valence-electron chi connectivity index (χ2n) is 7.99. The number of rotatable bonds is 6. The van der Waals surface area contributed by atoms with Crippen molar-refractivity contribution in [1.82, 2.24) is 24.7 Å². The molecule has 3 aromatic heterocycles. The maximum Gasteiger partial charge on any atom is 0.229 e. The number of nitrogens with one attached hydrogen (secondary N) is 2. The van der Waals surface area contributed by atoms with Crippen molar-refractivity contribution in [2.45, 2.75) is 33.1 Å². The summed E-state index contributed by atoms with van der Waals surface area (Å²) in [6, 6.07) is 17.5. The smallest absolute Gasteiger partial charge is 0.229 e. The Labute approximate surface area is 187 Å². The summed E-state index contributed by atoms with van der Waals surface area (Å²) in [5, 5.41) is 20.6. The second-order valence-corrected chi connectivity index (χ2v) is 7.99. The number of nitrogens with zero attached hydrogens (tertiary/aromatic N) is 6. The van der Waals surface area contributed by atoms with Crippen molar-refractivity contribution in [3.8, 4) is 11.9 Å². The Balaban J connectivity index is 1.61. The minimum absolute atomic E-state index is 0.445. The zero-order valence-electron chi connectivity index (χ0n) is 18.5. The van der Waals surface area contributed by atoms with Crippen LogP contribution in [0.25, 0.3) is 5.82 Å². The molecule has 0 saturated carbocycles. The van der Waals surface area contributed by atoms with Crippen molar-refractivity contribution in [3.05, 3.63) is 77.7 Å². The molecule has 0 radical (unpaired) electrons. The normalized spacial score (nSPS) is 11.1. The van der Waals surface area contributed by atoms with Crippen LogP contribution in [0, 0.1) is 25.2 Å². The van der Waals surface area contributed by atoms with Crippen LogP contribution < -0.4 is 10.6 Å². The van der Waals surface area contributed by atoms with Gasteiger partial charge in [-0.2, -0.15) is 20.0 Å². The first-order valence-electron chi connectivity index (χ1n) is 10.2. The van der Waals surface area contributed by atoms with Crippen LogP contribution in [0.15, 0.2) is 60.9 Å². The number of benzene rings is 1. The van der Waals surface area contributed by atoms with E-state index in [-0.39, 0.29) is 0 Å². The average Bonchev–Trinajstić information content (AvgIpc) is 3.08. The van der Waals surface area contributed by atoms with Gasteiger partial charge in [-0.25, -0.2) is 9.97 Å². The number of pyridine rings is 1. The molecule has 0 spiro atoms. The lowest BCUT2D eigenvalue weighted by atomic mass is 9.86. The Bertz CT molecular complexity index is 1290. The maximum absolute atomic E-state index is 9.42. The molecule has 160 valence electrons. The summed E-state index contributed by atoms with van der Waals surface area (Å²) in [6.07, 6.45) is 3.42. The van der Waals surface area contributed by atoms with E-state index >= 15 is 0 Å². The summed E-state index contributed by atoms with van der Waals surface area (Å²) in [5.41, 5.74) is 3.07. The van der Waals surface area contributed by atoms with Gasteiger partial charge >= 0.3 is 0 Å². The summed E-state index contributed by atoms with van der Waals surface area (Å²) >= 11 is 0. The molecule has 32 heavy (non-hydrogen) atoms. The molecule has 0 saturated heterocycles. The molecule has 0 bridgehead atoms. The van der Waals surface area contributed by atoms with Crippen LogP contribution in [0.2, 0.25) is 0 Å². The molecule has 8 nitrogen and oxygen atoms in total. The SMILES string of the molecule is Cc1nn(-c2ccccn2)c(Nc2ccnc(Nc3cccc(C(C)(C)C#N)c3)n2)c1C. The van der Waals surface area contributed by atoms with Crippen molar-refractivity contribution < 1.29 is 0 Å². The summed E-state index contributed by atoms with van der Waals surface area (Å²) in [4.78, 5) is 13.3. The van der Waals surface area contributed by atoms with Crippen LogP contribution in [0.3, 0.4) is 0 Å². The van der Waals surface area contributed by atoms with E-state index in [2.05, 4.69) is 36.8 Å². The van der Waals surface area contributed by atoms with E-state index < -0.39 is 5.41 Å². The van der Waals surface area contributed by atoms with Gasteiger partial charge in [0, 0.05) is 23.6 Å². The van der Waals surface area contributed by atoms with E-state index in [1.165, 1.54) is 0 Å². The third-order valence-electron chi connectivity index (χ3n) is 5.25. The van der Waals surface area contributed by atoms with Gasteiger partial charge in [-0.1, -0.05) is 18.2 Å². The van der Waals surface area contributed by atoms with Gasteiger partial charge in [-0.15, -0.1) is 0 Å². The van der Waals surface area contributed by atoms with Crippen molar-refractivity contribution in [3.63, 3.8) is 0 Å². The molecule has 8 heteroatoms. The van der Waals surface area contributed by atoms with Gasteiger partial charge in [-0.05, 0) is 63.6 Å². The lowest BCUT2D eigenvalue weighted by Crippen LogP contribution is -2.14. The first kappa shape index (κ1) is 21.0. The van der Waals surface area contributed by atoms with Gasteiger partial charge in [0.05, 0.1) is 17.2 Å². The number of nitriles is 1. The number of aromatic nitrogens is 5. The molecule has 0 unspecified atom stereocenters. The molecule has 0 aliphatic heterocycles. The molecular formula is C24H24N8. The van der Waals surface area contributed by atoms with Gasteiger partial charge in [-0.3, -0.25) is 0 Å². The molecule has 0 fully saturated rings. The monoisotopic (exact) mass is 424 g/mol. The van der Waals surface area contributed by atoms with Gasteiger partial charge in [0.25, 0.3) is 0 Å². The number of hydrogen-bond donors (Lipinski definition) is 2. The summed E-state index contributed by atoms with van der Waals surface area (Å²) < 4.78 is 1.77. The van der Waals surface area contributed by atoms with Crippen LogP contribution in [-0.2, 0) is 5.41 Å². The Morgan fingerprint density at radius 1 is 0.969 bits per heavy atom. The molecule has 2 N–H and O–H groups in total. The van der Waals surface area contributed by atoms with Crippen LogP contribution in [-0.4, -0.2) is 24.7 Å². The van der Waals surface area contributed by atoms with Crippen molar-refractivity contribution >= 4 is 23.3 Å². The fourth-order valence-electron chi connectivity index (χ4n) is 3.19. The molecule has 4 aromatic rings. The van der Waals surface area contributed by atoms with Gasteiger partial charge < -0.3 is 10.6 Å². The molecular weight excluding hydrogens is 400 g/mol. The van der Waals surface area contributed by atoms with E-state index in [1.54, 1.807) is 23.1 Å². The Hall–Kier alpha value is -4.25. The Kier molecular flexibility index (Phi) is 5.56. The largest absolute Gasteiger partial charge is 0.324 e. The van der Waals surface area contributed by atoms with Crippen LogP contribution >= 0.6 is 0 Å². The molecule has 0 atom stereocenters. The molecule has 4 rings (SSSR count). The fraction of sp³-hybridized carbons (Fsp3) is 0.208. The molecule has 1 aromatic carbocycles. The number of hydrogen-bond acceptors (Lipinski definition) is 7. The highest BCUT2D eigenvalue weighted by atomic mass is 15.4. The standard InChI is InChI=1S/C24H24N8/c1-16-17(2)31-32(21-10-5-6-12-26-21)22(16)29-20-11-13-27-23(30-20)28-19-9-7-8-18(14-19)24(3,4)15-25/h5-14H,1-4H3,(H2,27,28,29,30). The van der Waals surface area contributed by atoms with Crippen LogP contribution in [0.1, 0.15) is 30.7 Å². The van der Waals surface area contributed by atoms with E-state index in [0.717, 1.165) is 34.1 Å². The quantitative estimate of drug-likeness (QED) is 0.450. The predicted molar refractivity (Wildman–Crippen MR) is 125 cm³/mol. The molecule has 3 heterocycles. The molecule has 0 aliphatic carbocycles. The number of anilines is 4. The molecule has 0 amide bonds. The van der Waals surface area contributed by atoms with E-state index in [0.29, 0.717) is 11.8 Å². The van der Waals surface area contributed by atoms with Crippen LogP contribution in [0.4, 0.5) is 23.3 Å². The zero-order valence-corrected chi connectivity index (χ0v) is 18.5. The lowest BCUT2D eigenvalue weighted by Gasteiger charge is -2.17. The predicted octanol–water partition coefficient (Wildman–Crippen LogP) is 4.96. The Morgan fingerprint density at radius 2 is 1.81 bits per heavy atom. The molecule has 0 aliphatic rings. The topological polar surface area (TPSA) is 104 Å². The van der Waals surface area contributed by atoms with Gasteiger partial charge in [0.1, 0.15) is 11.6 Å². The summed E-state index contributed by atoms with van der Waals surface area (Å²) in [6.45, 7) is 7.75. The minimum Gasteiger partial charge on any atom is -0.324 e. The first-order valence-corrected chi connectivity index (χ1v) is 10.2. The Morgan fingerprint density at radius 3 is 2.56 bits per heavy atom. The van der Waals surface area contributed by atoms with Crippen molar-refractivity contribution in [2.75, 3.05) is 10.6 Å². The second kappa shape index (κ2) is 8.47. The highest BCUT2D eigenvalue weighted by Crippen LogP contribution is 2.27. The summed E-state index contributed by atoms with van der Waals surface area (Å²) in [7, 11) is 0. The maximum atomic E-state index is 9.42. The van der Waals surface area contributed by atoms with E-state index in [1.807, 2.05) is 70.2 Å². The zero-order chi connectivity index (χ0) is 22.7. The highest BCUT2D eigenvalue weighted by molar-refractivity contribution is 5.62. The highest BCUT2D eigenvalue weighted by Gasteiger charge is 2.20. The van der Waals surface area contributed by atoms with Gasteiger partial charge in [0.15, 0.2) is 5.82 Å². The summed E-state index contributed by atoms with van der Waals surface area (Å²) in [5.74, 6) is 2.58. The fourth-order valence-corrected chi connectivity index (χ4v) is 3.19. The van der Waals surface area contributed by atoms with E-state index in [9.17, 15) is 5.26 Å². The first-order chi connectivity index (χ1) is 15.4. The third-order valence-corrected chi connectivity index (χ3v) is 5.25. The third kappa shape index (κ3) is 4.27. The van der Waals surface area contributed by atoms with Crippen molar-refractivity contribution in [2.24, 2.45) is 0 Å². The van der Waals surface area contributed by atoms with Crippen LogP contribution in [0.5, 0.6) is 0 Å². The lowest BCUT2D eigenvalue weighted by molar-refractivity contribution is 0.687. The van der Waals surface area contributed by atoms with Crippen molar-refractivity contribution in [1.29, 1.82) is 5.26 Å². The van der Waals surface area contributed by atoms with E-state index in [4.69, 9.17) is 0 Å². The minimum atomic E-state index is -0.582. The average molecular weight is 425 g/mol.